The topological polar surface area (TPSA) is 104 Å². The molecule has 0 radical (unpaired) electrons. The molecule has 0 amide bonds. The molecule has 0 saturated carbocycles. The molecule has 5 rings (SSSR count). The van der Waals surface area contributed by atoms with E-state index < -0.39 is 15.8 Å². The molecular weight excluding hydrogens is 487 g/mol. The molecule has 0 aromatic carbocycles. The van der Waals surface area contributed by atoms with Crippen molar-refractivity contribution in [2.24, 2.45) is 5.92 Å². The zero-order chi connectivity index (χ0) is 23.0. The molecule has 4 aromatic rings. The number of aromatic amines is 1. The molecular formula is C21H20ClFN6O2S2. The van der Waals surface area contributed by atoms with Gasteiger partial charge in [0.2, 0.25) is 0 Å². The van der Waals surface area contributed by atoms with Crippen molar-refractivity contribution in [2.75, 3.05) is 25.0 Å². The summed E-state index contributed by atoms with van der Waals surface area (Å²) in [5, 5.41) is 6.02. The van der Waals surface area contributed by atoms with Gasteiger partial charge in [-0.2, -0.15) is 4.31 Å². The first-order valence-corrected chi connectivity index (χ1v) is 13.0. The third kappa shape index (κ3) is 4.45. The molecule has 8 nitrogen and oxygen atoms in total. The number of hydrogen-bond donors (Lipinski definition) is 2. The molecule has 1 fully saturated rings. The fourth-order valence-electron chi connectivity index (χ4n) is 3.97. The van der Waals surface area contributed by atoms with Crippen LogP contribution in [0.3, 0.4) is 0 Å². The highest BCUT2D eigenvalue weighted by atomic mass is 35.5. The lowest BCUT2D eigenvalue weighted by atomic mass is 10.00. The zero-order valence-corrected chi connectivity index (χ0v) is 19.7. The minimum atomic E-state index is -3.50. The van der Waals surface area contributed by atoms with Gasteiger partial charge in [-0.15, -0.1) is 11.3 Å². The number of nitrogens with one attached hydrogen (secondary N) is 2. The molecule has 0 spiro atoms. The van der Waals surface area contributed by atoms with Gasteiger partial charge >= 0.3 is 0 Å². The van der Waals surface area contributed by atoms with Crippen molar-refractivity contribution in [3.63, 3.8) is 0 Å². The van der Waals surface area contributed by atoms with Crippen LogP contribution in [0.15, 0.2) is 46.4 Å². The van der Waals surface area contributed by atoms with Crippen molar-refractivity contribution in [3.05, 3.63) is 53.0 Å². The van der Waals surface area contributed by atoms with E-state index in [1.165, 1.54) is 21.8 Å². The molecule has 1 atom stereocenters. The van der Waals surface area contributed by atoms with Crippen molar-refractivity contribution >= 4 is 49.8 Å². The second-order valence-corrected chi connectivity index (χ2v) is 11.4. The molecule has 1 aliphatic rings. The maximum atomic E-state index is 14.5. The van der Waals surface area contributed by atoms with Gasteiger partial charge < -0.3 is 10.3 Å². The maximum Gasteiger partial charge on any atom is 0.252 e. The number of fused-ring (bicyclic) bond motifs is 1. The normalized spacial score (nSPS) is 17.5. The van der Waals surface area contributed by atoms with Crippen LogP contribution in [0.1, 0.15) is 12.8 Å². The first kappa shape index (κ1) is 22.2. The van der Waals surface area contributed by atoms with Crippen LogP contribution in [-0.2, 0) is 10.0 Å². The lowest BCUT2D eigenvalue weighted by Gasteiger charge is -2.31. The average Bonchev–Trinajstić information content (AvgIpc) is 3.49. The van der Waals surface area contributed by atoms with Gasteiger partial charge in [0.25, 0.3) is 10.0 Å². The van der Waals surface area contributed by atoms with E-state index in [9.17, 15) is 12.8 Å². The van der Waals surface area contributed by atoms with Crippen LogP contribution in [0.5, 0.6) is 0 Å². The minimum absolute atomic E-state index is 0.0300. The lowest BCUT2D eigenvalue weighted by molar-refractivity contribution is 0.275. The number of anilines is 1. The van der Waals surface area contributed by atoms with Gasteiger partial charge in [-0.1, -0.05) is 17.7 Å². The summed E-state index contributed by atoms with van der Waals surface area (Å²) >= 11 is 7.28. The van der Waals surface area contributed by atoms with E-state index in [0.29, 0.717) is 45.9 Å². The van der Waals surface area contributed by atoms with Gasteiger partial charge in [0.05, 0.1) is 11.2 Å². The summed E-state index contributed by atoms with van der Waals surface area (Å²) in [6.45, 7) is 1.25. The Hall–Kier alpha value is -2.60. The Morgan fingerprint density at radius 3 is 3.03 bits per heavy atom. The highest BCUT2D eigenvalue weighted by Crippen LogP contribution is 2.29. The van der Waals surface area contributed by atoms with Crippen LogP contribution in [0.4, 0.5) is 10.2 Å². The molecule has 172 valence electrons. The Morgan fingerprint density at radius 1 is 1.33 bits per heavy atom. The van der Waals surface area contributed by atoms with E-state index >= 15 is 0 Å². The number of pyridine rings is 1. The molecule has 4 aromatic heterocycles. The first-order chi connectivity index (χ1) is 15.9. The minimum Gasteiger partial charge on any atom is -0.367 e. The van der Waals surface area contributed by atoms with E-state index in [1.807, 2.05) is 0 Å². The molecule has 33 heavy (non-hydrogen) atoms. The highest BCUT2D eigenvalue weighted by molar-refractivity contribution is 7.91. The molecule has 1 aliphatic heterocycles. The van der Waals surface area contributed by atoms with Gasteiger partial charge in [0.15, 0.2) is 17.5 Å². The van der Waals surface area contributed by atoms with Crippen LogP contribution in [0.2, 0.25) is 5.02 Å². The Kier molecular flexibility index (Phi) is 6.04. The maximum absolute atomic E-state index is 14.5. The Balaban J connectivity index is 1.32. The number of aromatic nitrogens is 4. The van der Waals surface area contributed by atoms with Gasteiger partial charge in [-0.25, -0.2) is 27.8 Å². The quantitative estimate of drug-likeness (QED) is 0.402. The fraction of sp³-hybridized carbons (Fsp3) is 0.286. The summed E-state index contributed by atoms with van der Waals surface area (Å²) in [6, 6.07) is 5.10. The predicted molar refractivity (Wildman–Crippen MR) is 126 cm³/mol. The van der Waals surface area contributed by atoms with E-state index in [1.54, 1.807) is 29.8 Å². The third-order valence-electron chi connectivity index (χ3n) is 5.61. The van der Waals surface area contributed by atoms with Gasteiger partial charge in [0.1, 0.15) is 9.86 Å². The number of hydrogen-bond acceptors (Lipinski definition) is 7. The van der Waals surface area contributed by atoms with Crippen LogP contribution >= 0.6 is 22.9 Å². The monoisotopic (exact) mass is 506 g/mol. The van der Waals surface area contributed by atoms with Gasteiger partial charge in [-0.05, 0) is 36.3 Å². The summed E-state index contributed by atoms with van der Waals surface area (Å²) in [5.41, 5.74) is 1.29. The standard InChI is InChI=1S/C21H20ClFN6O2S2/c22-14-7-15-16(10-26-19(15)25-9-14)20-27-11-17(23)21(28-20)24-8-13-3-1-5-29(12-13)33(30,31)18-4-2-6-32-18/h2,4,6-7,9-11,13H,1,3,5,8,12H2,(H,25,26)(H,24,27,28)/t13-/m1/s1. The third-order valence-corrected chi connectivity index (χ3v) is 9.06. The average molecular weight is 507 g/mol. The molecule has 0 aliphatic carbocycles. The summed E-state index contributed by atoms with van der Waals surface area (Å²) in [5.74, 6) is -0.140. The predicted octanol–water partition coefficient (Wildman–Crippen LogP) is 4.39. The summed E-state index contributed by atoms with van der Waals surface area (Å²) in [7, 11) is -3.50. The van der Waals surface area contributed by atoms with Crippen LogP contribution < -0.4 is 5.32 Å². The second kappa shape index (κ2) is 8.98. The summed E-state index contributed by atoms with van der Waals surface area (Å²) in [4.78, 5) is 15.8. The van der Waals surface area contributed by atoms with E-state index in [2.05, 4.69) is 25.3 Å². The second-order valence-electron chi connectivity index (χ2n) is 7.83. The van der Waals surface area contributed by atoms with Crippen molar-refractivity contribution in [1.82, 2.24) is 24.2 Å². The van der Waals surface area contributed by atoms with Crippen LogP contribution in [0.25, 0.3) is 22.4 Å². The zero-order valence-electron chi connectivity index (χ0n) is 17.3. The van der Waals surface area contributed by atoms with Crippen molar-refractivity contribution in [2.45, 2.75) is 17.1 Å². The van der Waals surface area contributed by atoms with Crippen molar-refractivity contribution < 1.29 is 12.8 Å². The molecule has 12 heteroatoms. The number of piperidine rings is 1. The number of thiophene rings is 1. The summed E-state index contributed by atoms with van der Waals surface area (Å²) in [6.07, 6.45) is 5.96. The van der Waals surface area contributed by atoms with E-state index in [4.69, 9.17) is 11.6 Å². The number of rotatable bonds is 6. The van der Waals surface area contributed by atoms with E-state index in [0.717, 1.165) is 24.4 Å². The first-order valence-electron chi connectivity index (χ1n) is 10.3. The van der Waals surface area contributed by atoms with Crippen molar-refractivity contribution in [3.8, 4) is 11.4 Å². The highest BCUT2D eigenvalue weighted by Gasteiger charge is 2.31. The Labute approximate surface area is 198 Å². The van der Waals surface area contributed by atoms with Gasteiger partial charge in [0, 0.05) is 43.0 Å². The van der Waals surface area contributed by atoms with Crippen LogP contribution in [0, 0.1) is 11.7 Å². The molecule has 5 heterocycles. The Bertz CT molecular complexity index is 1390. The van der Waals surface area contributed by atoms with E-state index in [-0.39, 0.29) is 11.7 Å². The SMILES string of the molecule is O=S(=O)(c1cccs1)N1CCC[C@H](CNc2nc(-c3c[nH]c4ncc(Cl)cc34)ncc2F)C1. The number of nitrogens with zero attached hydrogens (tertiary/aromatic N) is 4. The number of sulfonamides is 1. The summed E-state index contributed by atoms with van der Waals surface area (Å²) < 4.78 is 42.0. The molecule has 2 N–H and O–H groups in total. The Morgan fingerprint density at radius 2 is 2.21 bits per heavy atom. The largest absolute Gasteiger partial charge is 0.367 e. The lowest BCUT2D eigenvalue weighted by Crippen LogP contribution is -2.41. The molecule has 0 bridgehead atoms. The van der Waals surface area contributed by atoms with Gasteiger partial charge in [-0.3, -0.25) is 0 Å². The van der Waals surface area contributed by atoms with Crippen LogP contribution in [-0.4, -0.2) is 52.3 Å². The molecule has 1 saturated heterocycles. The van der Waals surface area contributed by atoms with Crippen molar-refractivity contribution in [1.29, 1.82) is 0 Å². The number of halogens is 2. The molecule has 0 unspecified atom stereocenters. The smallest absolute Gasteiger partial charge is 0.252 e. The fourth-order valence-corrected chi connectivity index (χ4v) is 6.83. The number of H-pyrrole nitrogens is 1.